The summed E-state index contributed by atoms with van der Waals surface area (Å²) in [5.74, 6) is -3.19. The molecule has 0 unspecified atom stereocenters. The van der Waals surface area contributed by atoms with E-state index in [1.165, 1.54) is 15.8 Å². The fourth-order valence-corrected chi connectivity index (χ4v) is 8.27. The van der Waals surface area contributed by atoms with Crippen LogP contribution >= 0.6 is 23.5 Å². The molecule has 1 saturated heterocycles. The Kier molecular flexibility index (Phi) is 11.7. The number of nitrogens with one attached hydrogen (secondary N) is 2. The molecule has 0 bridgehead atoms. The monoisotopic (exact) mass is 773 g/mol. The number of carbonyl (C=O) groups is 4. The molecule has 5 heterocycles. The standard InChI is InChI=1S/C37H43N9O6S2/c1-22(36(2,3)4)29(47)43-25-13-9-7-5-6-8-12-23-19-37(23,33(51)52)44-30(48)26-18-24(21-45(26)31(25)49)46-32(50)28(54-35-40-16-11-17-41-35)27(20-42-46)53-34-38-14-10-15-39-34/h8,10-12,14-17,20,23-26H,1,5-7,9,13,18-19,21H2,2-4H3,(H,43,47)(H,44,48)(H,51,52)/b12-8-/t23-,24-,25+,26+,37-/m1/s1. The molecule has 284 valence electrons. The SMILES string of the molecule is C=C(C(=O)N[C@H]1CCCCC/C=C\[C@@H]2C[C@@]2(C(=O)O)NC(=O)[C@@H]2C[C@@H](n3ncc(Sc4ncccn4)c(Sc4ncccn4)c3=O)CN2C1=O)C(C)(C)C. The van der Waals surface area contributed by atoms with Gasteiger partial charge in [-0.15, -0.1) is 0 Å². The molecule has 3 aromatic rings. The van der Waals surface area contributed by atoms with Gasteiger partial charge >= 0.3 is 5.97 Å². The Morgan fingerprint density at radius 1 is 1.00 bits per heavy atom. The summed E-state index contributed by atoms with van der Waals surface area (Å²) >= 11 is 2.19. The van der Waals surface area contributed by atoms with E-state index >= 15 is 0 Å². The molecule has 2 aliphatic heterocycles. The van der Waals surface area contributed by atoms with Gasteiger partial charge in [0.15, 0.2) is 10.3 Å². The summed E-state index contributed by atoms with van der Waals surface area (Å²) in [7, 11) is 0. The molecular formula is C37H43N9O6S2. The van der Waals surface area contributed by atoms with Crippen LogP contribution in [0.3, 0.4) is 0 Å². The summed E-state index contributed by atoms with van der Waals surface area (Å²) in [6.45, 7) is 9.44. The highest BCUT2D eigenvalue weighted by Crippen LogP contribution is 2.46. The Labute approximate surface area is 320 Å². The van der Waals surface area contributed by atoms with Crippen LogP contribution in [0.5, 0.6) is 0 Å². The van der Waals surface area contributed by atoms with E-state index in [0.29, 0.717) is 33.6 Å². The van der Waals surface area contributed by atoms with Gasteiger partial charge in [0.1, 0.15) is 17.6 Å². The van der Waals surface area contributed by atoms with Gasteiger partial charge in [-0.25, -0.2) is 29.4 Å². The van der Waals surface area contributed by atoms with Gasteiger partial charge in [0, 0.05) is 49.2 Å². The number of amides is 3. The molecule has 1 saturated carbocycles. The smallest absolute Gasteiger partial charge is 0.330 e. The topological polar surface area (TPSA) is 202 Å². The molecule has 6 rings (SSSR count). The van der Waals surface area contributed by atoms with E-state index in [4.69, 9.17) is 0 Å². The minimum atomic E-state index is -1.51. The van der Waals surface area contributed by atoms with E-state index in [2.05, 4.69) is 42.2 Å². The Balaban J connectivity index is 1.37. The van der Waals surface area contributed by atoms with Crippen molar-refractivity contribution in [2.24, 2.45) is 11.3 Å². The maximum atomic E-state index is 14.6. The number of hydrogen-bond donors (Lipinski definition) is 3. The van der Waals surface area contributed by atoms with E-state index in [0.717, 1.165) is 42.8 Å². The quantitative estimate of drug-likeness (QED) is 0.170. The summed E-state index contributed by atoms with van der Waals surface area (Å²) in [5.41, 5.74) is -2.27. The van der Waals surface area contributed by atoms with Crippen molar-refractivity contribution in [3.63, 3.8) is 0 Å². The molecule has 3 aliphatic rings. The molecule has 3 N–H and O–H groups in total. The van der Waals surface area contributed by atoms with Crippen LogP contribution in [-0.4, -0.2) is 87.6 Å². The maximum absolute atomic E-state index is 14.6. The molecule has 3 amide bonds. The van der Waals surface area contributed by atoms with E-state index in [-0.39, 0.29) is 24.3 Å². The van der Waals surface area contributed by atoms with Crippen molar-refractivity contribution in [2.45, 2.75) is 109 Å². The summed E-state index contributed by atoms with van der Waals surface area (Å²) < 4.78 is 1.25. The maximum Gasteiger partial charge on any atom is 0.330 e. The van der Waals surface area contributed by atoms with E-state index in [1.54, 1.807) is 36.9 Å². The average molecular weight is 774 g/mol. The first-order valence-electron chi connectivity index (χ1n) is 17.8. The molecule has 0 radical (unpaired) electrons. The molecule has 54 heavy (non-hydrogen) atoms. The number of aromatic nitrogens is 6. The predicted octanol–water partition coefficient (Wildman–Crippen LogP) is 3.83. The van der Waals surface area contributed by atoms with Crippen molar-refractivity contribution in [1.82, 2.24) is 45.2 Å². The van der Waals surface area contributed by atoms with Crippen LogP contribution in [-0.2, 0) is 19.2 Å². The lowest BCUT2D eigenvalue weighted by atomic mass is 9.87. The van der Waals surface area contributed by atoms with Gasteiger partial charge in [-0.1, -0.05) is 52.3 Å². The van der Waals surface area contributed by atoms with Crippen LogP contribution < -0.4 is 16.2 Å². The Hall–Kier alpha value is -4.90. The first-order chi connectivity index (χ1) is 25.8. The second kappa shape index (κ2) is 16.2. The molecule has 0 spiro atoms. The number of nitrogens with zero attached hydrogens (tertiary/aromatic N) is 7. The summed E-state index contributed by atoms with van der Waals surface area (Å²) in [5, 5.41) is 21.1. The van der Waals surface area contributed by atoms with Crippen LogP contribution in [0.15, 0.2) is 92.3 Å². The van der Waals surface area contributed by atoms with Gasteiger partial charge in [-0.3, -0.25) is 19.2 Å². The Bertz CT molecular complexity index is 2010. The molecule has 3 aromatic heterocycles. The summed E-state index contributed by atoms with van der Waals surface area (Å²) in [4.78, 5) is 88.2. The van der Waals surface area contributed by atoms with E-state index in [9.17, 15) is 29.1 Å². The number of rotatable bonds is 8. The van der Waals surface area contributed by atoms with Crippen molar-refractivity contribution in [3.05, 3.63) is 77.8 Å². The third kappa shape index (κ3) is 8.57. The van der Waals surface area contributed by atoms with Crippen LogP contribution in [0.25, 0.3) is 0 Å². The minimum Gasteiger partial charge on any atom is -0.479 e. The number of fused-ring (bicyclic) bond motifs is 2. The van der Waals surface area contributed by atoms with Gasteiger partial charge in [0.25, 0.3) is 5.56 Å². The number of hydrogen-bond acceptors (Lipinski definition) is 12. The van der Waals surface area contributed by atoms with Crippen molar-refractivity contribution >= 4 is 47.2 Å². The fourth-order valence-electron chi connectivity index (χ4n) is 6.57. The number of carboxylic acid groups (broad SMARTS) is 1. The number of carboxylic acids is 1. The van der Waals surface area contributed by atoms with Gasteiger partial charge < -0.3 is 20.6 Å². The van der Waals surface area contributed by atoms with Crippen LogP contribution in [0, 0.1) is 11.3 Å². The zero-order valence-corrected chi connectivity index (χ0v) is 31.9. The number of aliphatic carboxylic acids is 1. The van der Waals surface area contributed by atoms with Crippen LogP contribution in [0.2, 0.25) is 0 Å². The Morgan fingerprint density at radius 3 is 2.31 bits per heavy atom. The van der Waals surface area contributed by atoms with Gasteiger partial charge in [0.2, 0.25) is 17.7 Å². The lowest BCUT2D eigenvalue weighted by molar-refractivity contribution is -0.146. The normalized spacial score (nSPS) is 25.3. The highest BCUT2D eigenvalue weighted by atomic mass is 32.2. The molecule has 1 aliphatic carbocycles. The first-order valence-corrected chi connectivity index (χ1v) is 19.5. The third-order valence-electron chi connectivity index (χ3n) is 9.87. The summed E-state index contributed by atoms with van der Waals surface area (Å²) in [6.07, 6.45) is 15.0. The van der Waals surface area contributed by atoms with Gasteiger partial charge in [-0.05, 0) is 66.8 Å². The second-order valence-electron chi connectivity index (χ2n) is 14.6. The van der Waals surface area contributed by atoms with Crippen molar-refractivity contribution in [3.8, 4) is 0 Å². The van der Waals surface area contributed by atoms with E-state index < -0.39 is 64.2 Å². The van der Waals surface area contributed by atoms with Crippen molar-refractivity contribution in [2.75, 3.05) is 6.54 Å². The zero-order chi connectivity index (χ0) is 38.6. The highest BCUT2D eigenvalue weighted by Gasteiger charge is 2.61. The first kappa shape index (κ1) is 38.8. The van der Waals surface area contributed by atoms with Crippen LogP contribution in [0.4, 0.5) is 0 Å². The Morgan fingerprint density at radius 2 is 1.67 bits per heavy atom. The molecule has 2 fully saturated rings. The summed E-state index contributed by atoms with van der Waals surface area (Å²) in [6, 6.07) is 0.401. The largest absolute Gasteiger partial charge is 0.479 e. The van der Waals surface area contributed by atoms with Crippen molar-refractivity contribution in [1.29, 1.82) is 0 Å². The number of allylic oxidation sites excluding steroid dienone is 1. The number of carbonyl (C=O) groups excluding carboxylic acids is 3. The highest BCUT2D eigenvalue weighted by molar-refractivity contribution is 8.02. The van der Waals surface area contributed by atoms with Gasteiger partial charge in [-0.2, -0.15) is 5.10 Å². The zero-order valence-electron chi connectivity index (χ0n) is 30.3. The average Bonchev–Trinajstić information content (AvgIpc) is 3.66. The molecular weight excluding hydrogens is 731 g/mol. The fraction of sp³-hybridized carbons (Fsp3) is 0.459. The molecule has 0 aromatic carbocycles. The molecule has 5 atom stereocenters. The van der Waals surface area contributed by atoms with Gasteiger partial charge in [0.05, 0.1) is 22.0 Å². The van der Waals surface area contributed by atoms with Crippen molar-refractivity contribution < 1.29 is 24.3 Å². The third-order valence-corrected chi connectivity index (χ3v) is 11.9. The van der Waals surface area contributed by atoms with E-state index in [1.807, 2.05) is 32.9 Å². The molecule has 17 heteroatoms. The molecule has 15 nitrogen and oxygen atoms in total. The predicted molar refractivity (Wildman–Crippen MR) is 199 cm³/mol. The minimum absolute atomic E-state index is 0.0315. The lowest BCUT2D eigenvalue weighted by Crippen LogP contribution is -2.56. The second-order valence-corrected chi connectivity index (χ2v) is 16.6. The van der Waals surface area contributed by atoms with Crippen LogP contribution in [0.1, 0.15) is 71.8 Å². The lowest BCUT2D eigenvalue weighted by Gasteiger charge is -2.30.